The van der Waals surface area contributed by atoms with Gasteiger partial charge in [0.1, 0.15) is 5.78 Å². The van der Waals surface area contributed by atoms with E-state index >= 15 is 0 Å². The number of hydrogen-bond acceptors (Lipinski definition) is 1. The third-order valence-electron chi connectivity index (χ3n) is 3.68. The van der Waals surface area contributed by atoms with Crippen LogP contribution in [-0.4, -0.2) is 5.78 Å². The summed E-state index contributed by atoms with van der Waals surface area (Å²) in [5.74, 6) is 1.64. The van der Waals surface area contributed by atoms with Crippen LogP contribution >= 0.6 is 0 Å². The van der Waals surface area contributed by atoms with Crippen molar-refractivity contribution in [1.29, 1.82) is 0 Å². The Morgan fingerprint density at radius 3 is 3.07 bits per heavy atom. The molecule has 14 heavy (non-hydrogen) atoms. The zero-order valence-electron chi connectivity index (χ0n) is 8.20. The maximum absolute atomic E-state index is 11.4. The van der Waals surface area contributed by atoms with Gasteiger partial charge in [0.15, 0.2) is 0 Å². The lowest BCUT2D eigenvalue weighted by atomic mass is 9.76. The largest absolute Gasteiger partial charge is 0.299 e. The number of carbonyl (C=O) groups excluding carboxylic acids is 1. The fourth-order valence-corrected chi connectivity index (χ4v) is 3.00. The van der Waals surface area contributed by atoms with Crippen molar-refractivity contribution in [2.24, 2.45) is 11.8 Å². The Hall–Kier alpha value is -1.11. The lowest BCUT2D eigenvalue weighted by Crippen LogP contribution is -2.15. The molecule has 0 radical (unpaired) electrons. The highest BCUT2D eigenvalue weighted by molar-refractivity contribution is 5.85. The molecule has 72 valence electrons. The molecule has 0 aliphatic heterocycles. The molecule has 0 spiro atoms. The third-order valence-corrected chi connectivity index (χ3v) is 3.68. The lowest BCUT2D eigenvalue weighted by Gasteiger charge is -2.28. The molecule has 0 heterocycles. The second-order valence-corrected chi connectivity index (χ2v) is 4.52. The van der Waals surface area contributed by atoms with Crippen molar-refractivity contribution in [3.8, 4) is 0 Å². The summed E-state index contributed by atoms with van der Waals surface area (Å²) in [4.78, 5) is 11.4. The Labute approximate surface area is 84.2 Å². The van der Waals surface area contributed by atoms with Crippen LogP contribution in [0.3, 0.4) is 0 Å². The quantitative estimate of drug-likeness (QED) is 0.568. The monoisotopic (exact) mass is 186 g/mol. The molecule has 0 aromatic heterocycles. The summed E-state index contributed by atoms with van der Waals surface area (Å²) in [5.41, 5.74) is 2.90. The highest BCUT2D eigenvalue weighted by atomic mass is 16.1. The van der Waals surface area contributed by atoms with Gasteiger partial charge in [0, 0.05) is 18.8 Å². The highest BCUT2D eigenvalue weighted by Gasteiger charge is 2.34. The average Bonchev–Trinajstić information content (AvgIpc) is 2.59. The SMILES string of the molecule is O=C1CC2=C3C=CC=CC3CCC2C1. The molecule has 2 atom stereocenters. The van der Waals surface area contributed by atoms with Crippen molar-refractivity contribution < 1.29 is 4.79 Å². The van der Waals surface area contributed by atoms with Crippen LogP contribution in [0.4, 0.5) is 0 Å². The second kappa shape index (κ2) is 2.94. The maximum atomic E-state index is 11.4. The van der Waals surface area contributed by atoms with Gasteiger partial charge in [-0.25, -0.2) is 0 Å². The summed E-state index contributed by atoms with van der Waals surface area (Å²) in [5, 5.41) is 0. The number of ketones is 1. The van der Waals surface area contributed by atoms with Crippen molar-refractivity contribution in [3.63, 3.8) is 0 Å². The second-order valence-electron chi connectivity index (χ2n) is 4.52. The number of Topliss-reactive ketones (excluding diaryl/α,β-unsaturated/α-hetero) is 1. The molecule has 3 aliphatic rings. The van der Waals surface area contributed by atoms with Gasteiger partial charge in [-0.05, 0) is 24.3 Å². The van der Waals surface area contributed by atoms with E-state index in [4.69, 9.17) is 0 Å². The Balaban J connectivity index is 2.06. The molecule has 1 nitrogen and oxygen atoms in total. The van der Waals surface area contributed by atoms with Crippen molar-refractivity contribution in [3.05, 3.63) is 35.5 Å². The first kappa shape index (κ1) is 8.22. The summed E-state index contributed by atoms with van der Waals surface area (Å²) in [6.07, 6.45) is 12.7. The van der Waals surface area contributed by atoms with E-state index < -0.39 is 0 Å². The van der Waals surface area contributed by atoms with Gasteiger partial charge < -0.3 is 0 Å². The van der Waals surface area contributed by atoms with Gasteiger partial charge in [0.05, 0.1) is 0 Å². The Kier molecular flexibility index (Phi) is 1.73. The van der Waals surface area contributed by atoms with Crippen LogP contribution in [0.1, 0.15) is 25.7 Å². The Morgan fingerprint density at radius 1 is 1.21 bits per heavy atom. The smallest absolute Gasteiger partial charge is 0.137 e. The first-order valence-electron chi connectivity index (χ1n) is 5.44. The summed E-state index contributed by atoms with van der Waals surface area (Å²) < 4.78 is 0. The van der Waals surface area contributed by atoms with E-state index in [1.807, 2.05) is 0 Å². The van der Waals surface area contributed by atoms with Crippen LogP contribution in [0.15, 0.2) is 35.5 Å². The van der Waals surface area contributed by atoms with Crippen molar-refractivity contribution in [2.45, 2.75) is 25.7 Å². The van der Waals surface area contributed by atoms with Crippen LogP contribution < -0.4 is 0 Å². The zero-order valence-corrected chi connectivity index (χ0v) is 8.20. The minimum absolute atomic E-state index is 0.445. The van der Waals surface area contributed by atoms with Crippen LogP contribution in [0.2, 0.25) is 0 Å². The van der Waals surface area contributed by atoms with Crippen molar-refractivity contribution >= 4 is 5.78 Å². The third kappa shape index (κ3) is 1.12. The molecule has 0 amide bonds. The molecule has 2 unspecified atom stereocenters. The Bertz CT molecular complexity index is 371. The summed E-state index contributed by atoms with van der Waals surface area (Å²) in [6, 6.07) is 0. The molecule has 0 N–H and O–H groups in total. The van der Waals surface area contributed by atoms with E-state index in [-0.39, 0.29) is 0 Å². The normalized spacial score (nSPS) is 34.7. The molecule has 1 heteroatoms. The summed E-state index contributed by atoms with van der Waals surface area (Å²) in [7, 11) is 0. The molecule has 3 rings (SSSR count). The first-order chi connectivity index (χ1) is 6.84. The summed E-state index contributed by atoms with van der Waals surface area (Å²) >= 11 is 0. The first-order valence-corrected chi connectivity index (χ1v) is 5.44. The molecule has 1 fully saturated rings. The molecular formula is C13H14O. The van der Waals surface area contributed by atoms with E-state index in [9.17, 15) is 4.79 Å². The van der Waals surface area contributed by atoms with Crippen LogP contribution in [0.25, 0.3) is 0 Å². The minimum Gasteiger partial charge on any atom is -0.299 e. The van der Waals surface area contributed by atoms with Gasteiger partial charge in [-0.1, -0.05) is 29.9 Å². The maximum Gasteiger partial charge on any atom is 0.137 e. The van der Waals surface area contributed by atoms with E-state index in [1.54, 1.807) is 0 Å². The fraction of sp³-hybridized carbons (Fsp3) is 0.462. The molecule has 0 aromatic carbocycles. The highest BCUT2D eigenvalue weighted by Crippen LogP contribution is 2.44. The number of hydrogen-bond donors (Lipinski definition) is 0. The molecule has 0 saturated heterocycles. The molecule has 0 aromatic rings. The molecular weight excluding hydrogens is 172 g/mol. The van der Waals surface area contributed by atoms with Crippen molar-refractivity contribution in [1.82, 2.24) is 0 Å². The zero-order chi connectivity index (χ0) is 9.54. The number of carbonyl (C=O) groups is 1. The minimum atomic E-state index is 0.445. The van der Waals surface area contributed by atoms with Crippen LogP contribution in [0.5, 0.6) is 0 Å². The number of allylic oxidation sites excluding steroid dienone is 6. The molecule has 0 bridgehead atoms. The molecule has 3 aliphatic carbocycles. The topological polar surface area (TPSA) is 17.1 Å². The van der Waals surface area contributed by atoms with Crippen LogP contribution in [0, 0.1) is 11.8 Å². The van der Waals surface area contributed by atoms with E-state index in [2.05, 4.69) is 24.3 Å². The standard InChI is InChI=1S/C13H14O/c14-11-7-10-6-5-9-3-1-2-4-12(9)13(10)8-11/h1-4,9-10H,5-8H2. The predicted octanol–water partition coefficient (Wildman–Crippen LogP) is 2.80. The van der Waals surface area contributed by atoms with Gasteiger partial charge in [-0.3, -0.25) is 4.79 Å². The lowest BCUT2D eigenvalue weighted by molar-refractivity contribution is -0.117. The van der Waals surface area contributed by atoms with Crippen LogP contribution in [-0.2, 0) is 4.79 Å². The van der Waals surface area contributed by atoms with Gasteiger partial charge in [0.25, 0.3) is 0 Å². The summed E-state index contributed by atoms with van der Waals surface area (Å²) in [6.45, 7) is 0. The average molecular weight is 186 g/mol. The fourth-order valence-electron chi connectivity index (χ4n) is 3.00. The number of fused-ring (bicyclic) bond motifs is 2. The van der Waals surface area contributed by atoms with Gasteiger partial charge in [-0.2, -0.15) is 0 Å². The number of rotatable bonds is 0. The molecule has 1 saturated carbocycles. The van der Waals surface area contributed by atoms with E-state index in [0.29, 0.717) is 17.6 Å². The Morgan fingerprint density at radius 2 is 2.14 bits per heavy atom. The predicted molar refractivity (Wildman–Crippen MR) is 55.8 cm³/mol. The van der Waals surface area contributed by atoms with E-state index in [0.717, 1.165) is 12.8 Å². The van der Waals surface area contributed by atoms with Crippen molar-refractivity contribution in [2.75, 3.05) is 0 Å². The van der Waals surface area contributed by atoms with Gasteiger partial charge in [-0.15, -0.1) is 0 Å². The van der Waals surface area contributed by atoms with E-state index in [1.165, 1.54) is 24.0 Å². The van der Waals surface area contributed by atoms with Gasteiger partial charge >= 0.3 is 0 Å². The van der Waals surface area contributed by atoms with Gasteiger partial charge in [0.2, 0.25) is 0 Å².